The van der Waals surface area contributed by atoms with Gasteiger partial charge in [0.15, 0.2) is 0 Å². The van der Waals surface area contributed by atoms with Crippen molar-refractivity contribution in [2.24, 2.45) is 5.73 Å². The first-order chi connectivity index (χ1) is 8.17. The summed E-state index contributed by atoms with van der Waals surface area (Å²) in [5.41, 5.74) is 9.75. The Hall–Kier alpha value is -1.81. The number of aryl methyl sites for hydroxylation is 2. The maximum Gasteiger partial charge on any atom is 0.221 e. The number of rotatable bonds is 3. The SMILES string of the molecule is COc1c(CN)c(C)nn1-c1cccc(C)c1. The summed E-state index contributed by atoms with van der Waals surface area (Å²) in [4.78, 5) is 0. The predicted octanol–water partition coefficient (Wildman–Crippen LogP) is 1.96. The van der Waals surface area contributed by atoms with Crippen LogP contribution in [0.4, 0.5) is 0 Å². The van der Waals surface area contributed by atoms with Crippen LogP contribution in [-0.2, 0) is 6.54 Å². The van der Waals surface area contributed by atoms with Crippen molar-refractivity contribution in [2.75, 3.05) is 7.11 Å². The highest BCUT2D eigenvalue weighted by Gasteiger charge is 2.15. The molecule has 4 nitrogen and oxygen atoms in total. The number of nitrogens with zero attached hydrogens (tertiary/aromatic N) is 2. The van der Waals surface area contributed by atoms with E-state index in [0.717, 1.165) is 22.8 Å². The fourth-order valence-corrected chi connectivity index (χ4v) is 1.92. The van der Waals surface area contributed by atoms with Crippen LogP contribution in [-0.4, -0.2) is 16.9 Å². The molecule has 0 amide bonds. The molecule has 2 rings (SSSR count). The van der Waals surface area contributed by atoms with Crippen molar-refractivity contribution in [1.82, 2.24) is 9.78 Å². The average Bonchev–Trinajstić information content (AvgIpc) is 2.65. The summed E-state index contributed by atoms with van der Waals surface area (Å²) in [5.74, 6) is 0.718. The Morgan fingerprint density at radius 1 is 1.35 bits per heavy atom. The number of benzene rings is 1. The molecule has 0 spiro atoms. The second kappa shape index (κ2) is 4.59. The summed E-state index contributed by atoms with van der Waals surface area (Å²) in [6, 6.07) is 8.12. The van der Waals surface area contributed by atoms with Gasteiger partial charge < -0.3 is 10.5 Å². The number of methoxy groups -OCH3 is 1. The van der Waals surface area contributed by atoms with Crippen LogP contribution in [0, 0.1) is 13.8 Å². The Morgan fingerprint density at radius 3 is 2.71 bits per heavy atom. The molecule has 0 aliphatic heterocycles. The molecule has 0 saturated heterocycles. The van der Waals surface area contributed by atoms with Crippen molar-refractivity contribution in [3.63, 3.8) is 0 Å². The molecule has 0 aliphatic carbocycles. The highest BCUT2D eigenvalue weighted by Crippen LogP contribution is 2.25. The van der Waals surface area contributed by atoms with Crippen molar-refractivity contribution >= 4 is 0 Å². The molecule has 2 N–H and O–H groups in total. The summed E-state index contributed by atoms with van der Waals surface area (Å²) in [5, 5.41) is 4.48. The van der Waals surface area contributed by atoms with Gasteiger partial charge in [-0.2, -0.15) is 5.10 Å². The Morgan fingerprint density at radius 2 is 2.12 bits per heavy atom. The third kappa shape index (κ3) is 2.03. The minimum atomic E-state index is 0.431. The lowest BCUT2D eigenvalue weighted by molar-refractivity contribution is 0.379. The molecular formula is C13H17N3O. The first kappa shape index (κ1) is 11.7. The van der Waals surface area contributed by atoms with Gasteiger partial charge in [-0.05, 0) is 31.5 Å². The highest BCUT2D eigenvalue weighted by atomic mass is 16.5. The third-order valence-corrected chi connectivity index (χ3v) is 2.78. The van der Waals surface area contributed by atoms with Gasteiger partial charge >= 0.3 is 0 Å². The van der Waals surface area contributed by atoms with E-state index in [1.54, 1.807) is 11.8 Å². The van der Waals surface area contributed by atoms with Crippen LogP contribution >= 0.6 is 0 Å². The van der Waals surface area contributed by atoms with E-state index < -0.39 is 0 Å². The molecule has 0 fully saturated rings. The van der Waals surface area contributed by atoms with Crippen LogP contribution in [0.3, 0.4) is 0 Å². The average molecular weight is 231 g/mol. The first-order valence-electron chi connectivity index (χ1n) is 5.57. The maximum atomic E-state index is 5.72. The second-order valence-corrected chi connectivity index (χ2v) is 4.03. The third-order valence-electron chi connectivity index (χ3n) is 2.78. The van der Waals surface area contributed by atoms with Gasteiger partial charge in [-0.3, -0.25) is 0 Å². The fourth-order valence-electron chi connectivity index (χ4n) is 1.92. The summed E-state index contributed by atoms with van der Waals surface area (Å²) < 4.78 is 7.20. The van der Waals surface area contributed by atoms with Crippen molar-refractivity contribution in [3.05, 3.63) is 41.1 Å². The molecule has 1 aromatic carbocycles. The largest absolute Gasteiger partial charge is 0.481 e. The van der Waals surface area contributed by atoms with Crippen molar-refractivity contribution in [3.8, 4) is 11.6 Å². The van der Waals surface area contributed by atoms with Crippen LogP contribution in [0.15, 0.2) is 24.3 Å². The van der Waals surface area contributed by atoms with Crippen LogP contribution < -0.4 is 10.5 Å². The van der Waals surface area contributed by atoms with Crippen LogP contribution in [0.1, 0.15) is 16.8 Å². The Balaban J connectivity index is 2.59. The number of ether oxygens (including phenoxy) is 1. The van der Waals surface area contributed by atoms with Gasteiger partial charge in [0.1, 0.15) is 0 Å². The van der Waals surface area contributed by atoms with Gasteiger partial charge in [0.05, 0.1) is 24.1 Å². The van der Waals surface area contributed by atoms with E-state index in [0.29, 0.717) is 6.54 Å². The molecule has 17 heavy (non-hydrogen) atoms. The molecule has 0 saturated carbocycles. The molecule has 0 unspecified atom stereocenters. The molecule has 0 atom stereocenters. The number of aromatic nitrogens is 2. The summed E-state index contributed by atoms with van der Waals surface area (Å²) in [7, 11) is 1.64. The number of nitrogens with two attached hydrogens (primary N) is 1. The van der Waals surface area contributed by atoms with Gasteiger partial charge in [0.25, 0.3) is 0 Å². The van der Waals surface area contributed by atoms with Crippen LogP contribution in [0.2, 0.25) is 0 Å². The quantitative estimate of drug-likeness (QED) is 0.878. The topological polar surface area (TPSA) is 53.1 Å². The second-order valence-electron chi connectivity index (χ2n) is 4.03. The van der Waals surface area contributed by atoms with E-state index >= 15 is 0 Å². The summed E-state index contributed by atoms with van der Waals surface area (Å²) >= 11 is 0. The van der Waals surface area contributed by atoms with Gasteiger partial charge in [-0.25, -0.2) is 4.68 Å². The van der Waals surface area contributed by atoms with E-state index in [1.807, 2.05) is 19.1 Å². The number of hydrogen-bond acceptors (Lipinski definition) is 3. The lowest BCUT2D eigenvalue weighted by Crippen LogP contribution is -2.03. The zero-order chi connectivity index (χ0) is 12.4. The molecule has 0 aliphatic rings. The molecule has 90 valence electrons. The van der Waals surface area contributed by atoms with E-state index in [2.05, 4.69) is 24.2 Å². The molecule has 1 heterocycles. The van der Waals surface area contributed by atoms with Crippen molar-refractivity contribution < 1.29 is 4.74 Å². The van der Waals surface area contributed by atoms with Crippen LogP contribution in [0.25, 0.3) is 5.69 Å². The van der Waals surface area contributed by atoms with Crippen molar-refractivity contribution in [1.29, 1.82) is 0 Å². The van der Waals surface area contributed by atoms with Gasteiger partial charge in [-0.1, -0.05) is 12.1 Å². The summed E-state index contributed by atoms with van der Waals surface area (Å²) in [6.45, 7) is 4.42. The monoisotopic (exact) mass is 231 g/mol. The van der Waals surface area contributed by atoms with Gasteiger partial charge in [-0.15, -0.1) is 0 Å². The van der Waals surface area contributed by atoms with E-state index in [-0.39, 0.29) is 0 Å². The van der Waals surface area contributed by atoms with Crippen molar-refractivity contribution in [2.45, 2.75) is 20.4 Å². The lowest BCUT2D eigenvalue weighted by Gasteiger charge is -2.07. The van der Waals surface area contributed by atoms with E-state index in [4.69, 9.17) is 10.5 Å². The normalized spacial score (nSPS) is 10.6. The molecular weight excluding hydrogens is 214 g/mol. The molecule has 4 heteroatoms. The van der Waals surface area contributed by atoms with Crippen LogP contribution in [0.5, 0.6) is 5.88 Å². The van der Waals surface area contributed by atoms with Gasteiger partial charge in [0, 0.05) is 6.54 Å². The lowest BCUT2D eigenvalue weighted by atomic mass is 10.2. The smallest absolute Gasteiger partial charge is 0.221 e. The standard InChI is InChI=1S/C13H17N3O/c1-9-5-4-6-11(7-9)16-13(17-3)12(8-14)10(2)15-16/h4-7H,8,14H2,1-3H3. The fraction of sp³-hybridized carbons (Fsp3) is 0.308. The van der Waals surface area contributed by atoms with E-state index in [9.17, 15) is 0 Å². The maximum absolute atomic E-state index is 5.72. The zero-order valence-corrected chi connectivity index (χ0v) is 10.4. The number of hydrogen-bond donors (Lipinski definition) is 1. The first-order valence-corrected chi connectivity index (χ1v) is 5.57. The van der Waals surface area contributed by atoms with E-state index in [1.165, 1.54) is 5.56 Å². The molecule has 1 aromatic heterocycles. The minimum Gasteiger partial charge on any atom is -0.481 e. The zero-order valence-electron chi connectivity index (χ0n) is 10.4. The Labute approximate surface area is 101 Å². The minimum absolute atomic E-state index is 0.431. The molecule has 2 aromatic rings. The molecule has 0 bridgehead atoms. The summed E-state index contributed by atoms with van der Waals surface area (Å²) in [6.07, 6.45) is 0. The van der Waals surface area contributed by atoms with Gasteiger partial charge in [0.2, 0.25) is 5.88 Å². The molecule has 0 radical (unpaired) electrons. The Kier molecular flexibility index (Phi) is 3.15. The Bertz CT molecular complexity index is 531. The highest BCUT2D eigenvalue weighted by molar-refractivity contribution is 5.42. The predicted molar refractivity (Wildman–Crippen MR) is 67.5 cm³/mol.